The molecule has 2 amide bonds. The topological polar surface area (TPSA) is 67.9 Å². The minimum atomic E-state index is -0.392. The van der Waals surface area contributed by atoms with Gasteiger partial charge in [-0.25, -0.2) is 4.39 Å². The minimum absolute atomic E-state index is 0.0389. The number of hydrogen-bond donors (Lipinski definition) is 1. The SMILES string of the molecule is O=C(Nc1ccc2c(c1)OCO2)[C@H]1CC(=O)N(CCc2ccc(F)cc2)C1. The van der Waals surface area contributed by atoms with Crippen LogP contribution >= 0.6 is 0 Å². The van der Waals surface area contributed by atoms with Gasteiger partial charge >= 0.3 is 0 Å². The van der Waals surface area contributed by atoms with Crippen LogP contribution in [0.3, 0.4) is 0 Å². The lowest BCUT2D eigenvalue weighted by molar-refractivity contribution is -0.128. The van der Waals surface area contributed by atoms with Gasteiger partial charge in [-0.3, -0.25) is 9.59 Å². The fourth-order valence-electron chi connectivity index (χ4n) is 3.30. The number of carbonyl (C=O) groups is 2. The molecule has 7 heteroatoms. The molecule has 0 bridgehead atoms. The lowest BCUT2D eigenvalue weighted by Crippen LogP contribution is -2.30. The number of amides is 2. The zero-order chi connectivity index (χ0) is 18.8. The molecule has 0 spiro atoms. The van der Waals surface area contributed by atoms with Crippen molar-refractivity contribution in [3.63, 3.8) is 0 Å². The largest absolute Gasteiger partial charge is 0.454 e. The van der Waals surface area contributed by atoms with Crippen molar-refractivity contribution in [2.24, 2.45) is 5.92 Å². The summed E-state index contributed by atoms with van der Waals surface area (Å²) in [5.74, 6) is 0.342. The van der Waals surface area contributed by atoms with Gasteiger partial charge in [-0.15, -0.1) is 0 Å². The summed E-state index contributed by atoms with van der Waals surface area (Å²) in [6, 6.07) is 11.4. The molecule has 0 radical (unpaired) electrons. The number of carbonyl (C=O) groups excluding carboxylic acids is 2. The molecule has 27 heavy (non-hydrogen) atoms. The Labute approximate surface area is 155 Å². The molecule has 0 unspecified atom stereocenters. The monoisotopic (exact) mass is 370 g/mol. The highest BCUT2D eigenvalue weighted by atomic mass is 19.1. The minimum Gasteiger partial charge on any atom is -0.454 e. The summed E-state index contributed by atoms with van der Waals surface area (Å²) in [7, 11) is 0. The second-order valence-electron chi connectivity index (χ2n) is 6.67. The lowest BCUT2D eigenvalue weighted by Gasteiger charge is -2.16. The Balaban J connectivity index is 1.32. The Kier molecular flexibility index (Phi) is 4.66. The fraction of sp³-hybridized carbons (Fsp3) is 0.300. The first kappa shape index (κ1) is 17.3. The van der Waals surface area contributed by atoms with Crippen LogP contribution < -0.4 is 14.8 Å². The Morgan fingerprint density at radius 2 is 1.93 bits per heavy atom. The first-order valence-electron chi connectivity index (χ1n) is 8.81. The number of nitrogens with one attached hydrogen (secondary N) is 1. The highest BCUT2D eigenvalue weighted by molar-refractivity contribution is 5.97. The number of fused-ring (bicyclic) bond motifs is 1. The van der Waals surface area contributed by atoms with Crippen molar-refractivity contribution in [3.8, 4) is 11.5 Å². The van der Waals surface area contributed by atoms with E-state index in [0.717, 1.165) is 5.56 Å². The maximum Gasteiger partial charge on any atom is 0.231 e. The Morgan fingerprint density at radius 3 is 2.74 bits per heavy atom. The van der Waals surface area contributed by atoms with Gasteiger partial charge in [0.25, 0.3) is 0 Å². The molecular weight excluding hydrogens is 351 g/mol. The van der Waals surface area contributed by atoms with E-state index < -0.39 is 5.92 Å². The first-order chi connectivity index (χ1) is 13.1. The number of benzene rings is 2. The molecule has 0 saturated carbocycles. The van der Waals surface area contributed by atoms with Crippen LogP contribution in [0.5, 0.6) is 11.5 Å². The first-order valence-corrected chi connectivity index (χ1v) is 8.81. The predicted molar refractivity (Wildman–Crippen MR) is 96.0 cm³/mol. The summed E-state index contributed by atoms with van der Waals surface area (Å²) in [6.45, 7) is 1.07. The molecule has 0 aliphatic carbocycles. The van der Waals surface area contributed by atoms with E-state index in [9.17, 15) is 14.0 Å². The third kappa shape index (κ3) is 3.86. The lowest BCUT2D eigenvalue weighted by atomic mass is 10.1. The van der Waals surface area contributed by atoms with Crippen molar-refractivity contribution >= 4 is 17.5 Å². The molecule has 2 heterocycles. The maximum absolute atomic E-state index is 13.0. The van der Waals surface area contributed by atoms with Gasteiger partial charge in [0.15, 0.2) is 11.5 Å². The number of ether oxygens (including phenoxy) is 2. The zero-order valence-corrected chi connectivity index (χ0v) is 14.6. The summed E-state index contributed by atoms with van der Waals surface area (Å²) in [5.41, 5.74) is 1.57. The average Bonchev–Trinajstić information content (AvgIpc) is 3.27. The predicted octanol–water partition coefficient (Wildman–Crippen LogP) is 2.58. The molecule has 1 atom stereocenters. The van der Waals surface area contributed by atoms with Crippen molar-refractivity contribution in [2.45, 2.75) is 12.8 Å². The van der Waals surface area contributed by atoms with Gasteiger partial charge in [0.2, 0.25) is 18.6 Å². The van der Waals surface area contributed by atoms with Crippen LogP contribution in [0.15, 0.2) is 42.5 Å². The van der Waals surface area contributed by atoms with E-state index in [2.05, 4.69) is 5.32 Å². The van der Waals surface area contributed by atoms with Crippen LogP contribution in [-0.2, 0) is 16.0 Å². The van der Waals surface area contributed by atoms with Crippen molar-refractivity contribution < 1.29 is 23.5 Å². The van der Waals surface area contributed by atoms with Gasteiger partial charge in [-0.1, -0.05) is 12.1 Å². The summed E-state index contributed by atoms with van der Waals surface area (Å²) in [4.78, 5) is 26.4. The molecule has 140 valence electrons. The van der Waals surface area contributed by atoms with Gasteiger partial charge < -0.3 is 19.7 Å². The summed E-state index contributed by atoms with van der Waals surface area (Å²) in [6.07, 6.45) is 0.822. The molecule has 2 aromatic carbocycles. The molecular formula is C20H19FN2O4. The molecule has 2 aliphatic rings. The van der Waals surface area contributed by atoms with Crippen molar-refractivity contribution in [2.75, 3.05) is 25.2 Å². The second kappa shape index (κ2) is 7.26. The van der Waals surface area contributed by atoms with Gasteiger partial charge in [0, 0.05) is 31.3 Å². The van der Waals surface area contributed by atoms with Gasteiger partial charge in [0.05, 0.1) is 5.92 Å². The van der Waals surface area contributed by atoms with Crippen molar-refractivity contribution in [1.82, 2.24) is 4.90 Å². The second-order valence-corrected chi connectivity index (χ2v) is 6.67. The fourth-order valence-corrected chi connectivity index (χ4v) is 3.30. The van der Waals surface area contributed by atoms with Gasteiger partial charge in [0.1, 0.15) is 5.82 Å². The van der Waals surface area contributed by atoms with Gasteiger partial charge in [-0.2, -0.15) is 0 Å². The highest BCUT2D eigenvalue weighted by Gasteiger charge is 2.34. The Bertz CT molecular complexity index is 869. The molecule has 1 fully saturated rings. The van der Waals surface area contributed by atoms with E-state index in [1.165, 1.54) is 12.1 Å². The molecule has 1 N–H and O–H groups in total. The van der Waals surface area contributed by atoms with Crippen molar-refractivity contribution in [1.29, 1.82) is 0 Å². The quantitative estimate of drug-likeness (QED) is 0.879. The number of rotatable bonds is 5. The number of nitrogens with zero attached hydrogens (tertiary/aromatic N) is 1. The number of hydrogen-bond acceptors (Lipinski definition) is 4. The summed E-state index contributed by atoms with van der Waals surface area (Å²) in [5, 5.41) is 2.84. The van der Waals surface area contributed by atoms with Crippen LogP contribution in [0.25, 0.3) is 0 Å². The number of likely N-dealkylation sites (tertiary alicyclic amines) is 1. The molecule has 2 aromatic rings. The van der Waals surface area contributed by atoms with Crippen LogP contribution in [0.1, 0.15) is 12.0 Å². The van der Waals surface area contributed by atoms with E-state index in [4.69, 9.17) is 9.47 Å². The van der Waals surface area contributed by atoms with E-state index in [0.29, 0.717) is 36.7 Å². The van der Waals surface area contributed by atoms with Crippen LogP contribution in [0.4, 0.5) is 10.1 Å². The van der Waals surface area contributed by atoms with Crippen LogP contribution in [0.2, 0.25) is 0 Å². The number of anilines is 1. The van der Waals surface area contributed by atoms with Gasteiger partial charge in [-0.05, 0) is 36.2 Å². The summed E-state index contributed by atoms with van der Waals surface area (Å²) < 4.78 is 23.5. The summed E-state index contributed by atoms with van der Waals surface area (Å²) >= 11 is 0. The number of halogens is 1. The third-order valence-corrected chi connectivity index (χ3v) is 4.81. The Hall–Kier alpha value is -3.09. The van der Waals surface area contributed by atoms with E-state index >= 15 is 0 Å². The van der Waals surface area contributed by atoms with Crippen LogP contribution in [-0.4, -0.2) is 36.6 Å². The Morgan fingerprint density at radius 1 is 1.15 bits per heavy atom. The van der Waals surface area contributed by atoms with E-state index in [-0.39, 0.29) is 30.8 Å². The molecule has 1 saturated heterocycles. The normalized spacial score (nSPS) is 18.0. The zero-order valence-electron chi connectivity index (χ0n) is 14.6. The van der Waals surface area contributed by atoms with E-state index in [1.54, 1.807) is 35.2 Å². The van der Waals surface area contributed by atoms with Crippen molar-refractivity contribution in [3.05, 3.63) is 53.8 Å². The highest BCUT2D eigenvalue weighted by Crippen LogP contribution is 2.34. The third-order valence-electron chi connectivity index (χ3n) is 4.81. The molecule has 4 rings (SSSR count). The average molecular weight is 370 g/mol. The standard InChI is InChI=1S/C20H19FN2O4/c21-15-3-1-13(2-4-15)7-8-23-11-14(9-19(23)24)20(25)22-16-5-6-17-18(10-16)27-12-26-17/h1-6,10,14H,7-9,11-12H2,(H,22,25)/t14-/m0/s1. The molecule has 0 aromatic heterocycles. The molecule has 2 aliphatic heterocycles. The molecule has 6 nitrogen and oxygen atoms in total. The van der Waals surface area contributed by atoms with Crippen LogP contribution in [0, 0.1) is 11.7 Å². The smallest absolute Gasteiger partial charge is 0.231 e. The van der Waals surface area contributed by atoms with E-state index in [1.807, 2.05) is 0 Å². The maximum atomic E-state index is 13.0.